The maximum Gasteiger partial charge on any atom is 0.247 e. The van der Waals surface area contributed by atoms with Crippen molar-refractivity contribution in [3.05, 3.63) is 24.1 Å². The minimum absolute atomic E-state index is 0.0999. The first-order valence-corrected chi connectivity index (χ1v) is 7.56. The van der Waals surface area contributed by atoms with Crippen molar-refractivity contribution in [3.8, 4) is 23.0 Å². The van der Waals surface area contributed by atoms with Crippen LogP contribution >= 0.6 is 0 Å². The monoisotopic (exact) mass is 302 g/mol. The number of aromatic nitrogens is 2. The molecule has 1 aromatic carbocycles. The van der Waals surface area contributed by atoms with Gasteiger partial charge in [-0.2, -0.15) is 0 Å². The van der Waals surface area contributed by atoms with Crippen molar-refractivity contribution in [2.45, 2.75) is 25.2 Å². The lowest BCUT2D eigenvalue weighted by Gasteiger charge is -2.29. The molecule has 0 atom stereocenters. The Morgan fingerprint density at radius 1 is 0.955 bits per heavy atom. The average Bonchev–Trinajstić information content (AvgIpc) is 3.06. The lowest BCUT2D eigenvalue weighted by Crippen LogP contribution is -2.30. The zero-order chi connectivity index (χ0) is 15.0. The summed E-state index contributed by atoms with van der Waals surface area (Å²) in [6.07, 6.45) is 1.80. The van der Waals surface area contributed by atoms with Crippen LogP contribution in [0.1, 0.15) is 25.7 Å². The summed E-state index contributed by atoms with van der Waals surface area (Å²) >= 11 is 0. The van der Waals surface area contributed by atoms with Gasteiger partial charge in [0.1, 0.15) is 13.2 Å². The van der Waals surface area contributed by atoms with Crippen LogP contribution in [-0.2, 0) is 10.2 Å². The molecule has 0 amide bonds. The summed E-state index contributed by atoms with van der Waals surface area (Å²) in [4.78, 5) is 0. The Morgan fingerprint density at radius 2 is 1.73 bits per heavy atom. The van der Waals surface area contributed by atoms with Gasteiger partial charge in [-0.05, 0) is 31.0 Å². The smallest absolute Gasteiger partial charge is 0.247 e. The molecule has 116 valence electrons. The largest absolute Gasteiger partial charge is 0.486 e. The van der Waals surface area contributed by atoms with Crippen LogP contribution in [0.3, 0.4) is 0 Å². The second kappa shape index (κ2) is 5.28. The van der Waals surface area contributed by atoms with Crippen LogP contribution in [0.2, 0.25) is 0 Å². The minimum Gasteiger partial charge on any atom is -0.486 e. The van der Waals surface area contributed by atoms with Gasteiger partial charge in [0.05, 0.1) is 5.41 Å². The summed E-state index contributed by atoms with van der Waals surface area (Å²) in [6.45, 7) is 4.76. The van der Waals surface area contributed by atoms with E-state index in [2.05, 4.69) is 17.1 Å². The molecule has 2 aromatic rings. The highest BCUT2D eigenvalue weighted by molar-refractivity contribution is 5.59. The van der Waals surface area contributed by atoms with E-state index in [1.165, 1.54) is 0 Å². The SMILES string of the molecule is CC1(c2nnc(-c3ccc4c(c3)OCCO4)o2)CCOCC1. The molecule has 0 radical (unpaired) electrons. The summed E-state index contributed by atoms with van der Waals surface area (Å²) in [7, 11) is 0. The maximum absolute atomic E-state index is 5.93. The average molecular weight is 302 g/mol. The maximum atomic E-state index is 5.93. The molecule has 1 fully saturated rings. The molecule has 0 saturated carbocycles. The summed E-state index contributed by atoms with van der Waals surface area (Å²) in [6, 6.07) is 5.68. The Bertz CT molecular complexity index is 677. The third-order valence-corrected chi connectivity index (χ3v) is 4.33. The predicted molar refractivity (Wildman–Crippen MR) is 78.1 cm³/mol. The van der Waals surface area contributed by atoms with Crippen molar-refractivity contribution in [2.24, 2.45) is 0 Å². The molecule has 2 aliphatic rings. The van der Waals surface area contributed by atoms with Gasteiger partial charge in [-0.15, -0.1) is 10.2 Å². The van der Waals surface area contributed by atoms with Crippen LogP contribution in [0.15, 0.2) is 22.6 Å². The van der Waals surface area contributed by atoms with E-state index in [-0.39, 0.29) is 5.41 Å². The van der Waals surface area contributed by atoms with E-state index in [4.69, 9.17) is 18.6 Å². The molecule has 0 unspecified atom stereocenters. The Kier molecular flexibility index (Phi) is 3.26. The normalized spacial score (nSPS) is 19.9. The van der Waals surface area contributed by atoms with Crippen molar-refractivity contribution < 1.29 is 18.6 Å². The van der Waals surface area contributed by atoms with Gasteiger partial charge >= 0.3 is 0 Å². The summed E-state index contributed by atoms with van der Waals surface area (Å²) in [5.74, 6) is 2.67. The number of hydrogen-bond acceptors (Lipinski definition) is 6. The van der Waals surface area contributed by atoms with Gasteiger partial charge in [0.15, 0.2) is 11.5 Å². The molecule has 1 aromatic heterocycles. The standard InChI is InChI=1S/C16H18N2O4/c1-16(4-6-19-7-5-16)15-18-17-14(22-15)11-2-3-12-13(10-11)21-9-8-20-12/h2-3,10H,4-9H2,1H3. The molecule has 2 aliphatic heterocycles. The van der Waals surface area contributed by atoms with Gasteiger partial charge in [0, 0.05) is 18.8 Å². The molecular formula is C16H18N2O4. The van der Waals surface area contributed by atoms with E-state index >= 15 is 0 Å². The molecule has 0 bridgehead atoms. The fourth-order valence-corrected chi connectivity index (χ4v) is 2.80. The quantitative estimate of drug-likeness (QED) is 0.849. The summed E-state index contributed by atoms with van der Waals surface area (Å²) in [5.41, 5.74) is 0.746. The van der Waals surface area contributed by atoms with Crippen LogP contribution in [0, 0.1) is 0 Å². The molecule has 6 nitrogen and oxygen atoms in total. The highest BCUT2D eigenvalue weighted by atomic mass is 16.6. The highest BCUT2D eigenvalue weighted by Crippen LogP contribution is 2.37. The molecule has 6 heteroatoms. The van der Waals surface area contributed by atoms with E-state index in [1.807, 2.05) is 18.2 Å². The first kappa shape index (κ1) is 13.6. The minimum atomic E-state index is -0.0999. The van der Waals surface area contributed by atoms with E-state index in [9.17, 15) is 0 Å². The van der Waals surface area contributed by atoms with Gasteiger partial charge in [-0.1, -0.05) is 6.92 Å². The Labute approximate surface area is 128 Å². The predicted octanol–water partition coefficient (Wildman–Crippen LogP) is 2.58. The van der Waals surface area contributed by atoms with E-state index in [0.29, 0.717) is 25.0 Å². The van der Waals surface area contributed by atoms with E-state index < -0.39 is 0 Å². The molecule has 4 rings (SSSR count). The Hall–Kier alpha value is -2.08. The number of nitrogens with zero attached hydrogens (tertiary/aromatic N) is 2. The van der Waals surface area contributed by atoms with Crippen LogP contribution in [-0.4, -0.2) is 36.6 Å². The van der Waals surface area contributed by atoms with Crippen LogP contribution in [0.5, 0.6) is 11.5 Å². The molecule has 0 aliphatic carbocycles. The first-order chi connectivity index (χ1) is 10.7. The molecule has 22 heavy (non-hydrogen) atoms. The Morgan fingerprint density at radius 3 is 2.55 bits per heavy atom. The highest BCUT2D eigenvalue weighted by Gasteiger charge is 2.35. The number of rotatable bonds is 2. The van der Waals surface area contributed by atoms with Gasteiger partial charge in [0.25, 0.3) is 0 Å². The molecule has 1 saturated heterocycles. The molecular weight excluding hydrogens is 284 g/mol. The van der Waals surface area contributed by atoms with E-state index in [1.54, 1.807) is 0 Å². The van der Waals surface area contributed by atoms with Crippen molar-refractivity contribution in [3.63, 3.8) is 0 Å². The summed E-state index contributed by atoms with van der Waals surface area (Å²) < 4.78 is 22.5. The fourth-order valence-electron chi connectivity index (χ4n) is 2.80. The zero-order valence-corrected chi connectivity index (χ0v) is 12.5. The summed E-state index contributed by atoms with van der Waals surface area (Å²) in [5, 5.41) is 8.46. The van der Waals surface area contributed by atoms with Gasteiger partial charge < -0.3 is 18.6 Å². The second-order valence-corrected chi connectivity index (χ2v) is 5.94. The lowest BCUT2D eigenvalue weighted by atomic mass is 9.82. The number of hydrogen-bond donors (Lipinski definition) is 0. The zero-order valence-electron chi connectivity index (χ0n) is 12.5. The fraction of sp³-hybridized carbons (Fsp3) is 0.500. The van der Waals surface area contributed by atoms with Crippen molar-refractivity contribution in [2.75, 3.05) is 26.4 Å². The van der Waals surface area contributed by atoms with Gasteiger partial charge in [0.2, 0.25) is 11.8 Å². The van der Waals surface area contributed by atoms with Crippen molar-refractivity contribution in [1.82, 2.24) is 10.2 Å². The number of ether oxygens (including phenoxy) is 3. The second-order valence-electron chi connectivity index (χ2n) is 5.94. The van der Waals surface area contributed by atoms with Crippen LogP contribution in [0.25, 0.3) is 11.5 Å². The third-order valence-electron chi connectivity index (χ3n) is 4.33. The van der Waals surface area contributed by atoms with Crippen LogP contribution in [0.4, 0.5) is 0 Å². The topological polar surface area (TPSA) is 66.6 Å². The molecule has 3 heterocycles. The molecule has 0 spiro atoms. The first-order valence-electron chi connectivity index (χ1n) is 7.56. The third kappa shape index (κ3) is 2.33. The van der Waals surface area contributed by atoms with Crippen molar-refractivity contribution >= 4 is 0 Å². The van der Waals surface area contributed by atoms with Gasteiger partial charge in [-0.25, -0.2) is 0 Å². The molecule has 0 N–H and O–H groups in total. The Balaban J connectivity index is 1.64. The van der Waals surface area contributed by atoms with Crippen molar-refractivity contribution in [1.29, 1.82) is 0 Å². The van der Waals surface area contributed by atoms with Gasteiger partial charge in [-0.3, -0.25) is 0 Å². The van der Waals surface area contributed by atoms with Crippen LogP contribution < -0.4 is 9.47 Å². The number of fused-ring (bicyclic) bond motifs is 1. The van der Waals surface area contributed by atoms with E-state index in [0.717, 1.165) is 43.1 Å². The number of benzene rings is 1. The lowest BCUT2D eigenvalue weighted by molar-refractivity contribution is 0.0471.